The largest absolute Gasteiger partial charge is 0.355 e. The second-order valence-electron chi connectivity index (χ2n) is 7.25. The van der Waals surface area contributed by atoms with Crippen LogP contribution < -0.4 is 11.1 Å². The number of rotatable bonds is 4. The third-order valence-electron chi connectivity index (χ3n) is 5.53. The van der Waals surface area contributed by atoms with Crippen LogP contribution >= 0.6 is 12.4 Å². The molecule has 3 N–H and O–H groups in total. The maximum Gasteiger partial charge on any atom is 0.236 e. The zero-order valence-electron chi connectivity index (χ0n) is 11.9. The van der Waals surface area contributed by atoms with Crippen molar-refractivity contribution in [2.24, 2.45) is 28.9 Å². The molecule has 1 unspecified atom stereocenters. The maximum atomic E-state index is 11.5. The van der Waals surface area contributed by atoms with Gasteiger partial charge in [-0.25, -0.2) is 0 Å². The van der Waals surface area contributed by atoms with E-state index < -0.39 is 0 Å². The van der Waals surface area contributed by atoms with Crippen molar-refractivity contribution in [1.82, 2.24) is 5.32 Å². The van der Waals surface area contributed by atoms with Crippen LogP contribution in [0.25, 0.3) is 0 Å². The van der Waals surface area contributed by atoms with Gasteiger partial charge in [-0.15, -0.1) is 12.4 Å². The molecule has 4 aliphatic carbocycles. The SMILES string of the molecule is CC(N)C(=O)NCCC12CC3CC(CC(C3)C1)C2.Cl. The van der Waals surface area contributed by atoms with E-state index >= 15 is 0 Å². The Morgan fingerprint density at radius 2 is 1.68 bits per heavy atom. The van der Waals surface area contributed by atoms with Gasteiger partial charge in [0.25, 0.3) is 0 Å². The zero-order valence-corrected chi connectivity index (χ0v) is 12.7. The average molecular weight is 287 g/mol. The van der Waals surface area contributed by atoms with Crippen molar-refractivity contribution in [2.45, 2.75) is 57.9 Å². The minimum absolute atomic E-state index is 0. The summed E-state index contributed by atoms with van der Waals surface area (Å²) in [5.74, 6) is 3.00. The molecule has 0 aromatic heterocycles. The van der Waals surface area contributed by atoms with Crippen molar-refractivity contribution in [3.05, 3.63) is 0 Å². The Hall–Kier alpha value is -0.280. The van der Waals surface area contributed by atoms with E-state index in [1.807, 2.05) is 0 Å². The van der Waals surface area contributed by atoms with Crippen LogP contribution in [0.15, 0.2) is 0 Å². The normalized spacial score (nSPS) is 40.6. The van der Waals surface area contributed by atoms with Gasteiger partial charge in [0.2, 0.25) is 5.91 Å². The van der Waals surface area contributed by atoms with Gasteiger partial charge in [0.05, 0.1) is 6.04 Å². The molecule has 4 heteroatoms. The fourth-order valence-corrected chi connectivity index (χ4v) is 5.21. The summed E-state index contributed by atoms with van der Waals surface area (Å²) in [5.41, 5.74) is 6.14. The van der Waals surface area contributed by atoms with Gasteiger partial charge in [-0.2, -0.15) is 0 Å². The van der Waals surface area contributed by atoms with E-state index in [1.54, 1.807) is 6.92 Å². The molecule has 4 fully saturated rings. The number of carbonyl (C=O) groups excluding carboxylic acids is 1. The van der Waals surface area contributed by atoms with Crippen molar-refractivity contribution < 1.29 is 4.79 Å². The van der Waals surface area contributed by atoms with Gasteiger partial charge >= 0.3 is 0 Å². The minimum Gasteiger partial charge on any atom is -0.355 e. The van der Waals surface area contributed by atoms with Crippen LogP contribution in [-0.4, -0.2) is 18.5 Å². The molecule has 0 spiro atoms. The molecule has 4 saturated carbocycles. The number of nitrogens with two attached hydrogens (primary N) is 1. The van der Waals surface area contributed by atoms with Gasteiger partial charge in [0, 0.05) is 6.54 Å². The average Bonchev–Trinajstić information content (AvgIpc) is 2.26. The molecule has 1 atom stereocenters. The van der Waals surface area contributed by atoms with E-state index in [-0.39, 0.29) is 24.4 Å². The smallest absolute Gasteiger partial charge is 0.236 e. The van der Waals surface area contributed by atoms with Gasteiger partial charge in [0.15, 0.2) is 0 Å². The third-order valence-corrected chi connectivity index (χ3v) is 5.53. The Kier molecular flexibility index (Phi) is 4.46. The highest BCUT2D eigenvalue weighted by Crippen LogP contribution is 2.61. The van der Waals surface area contributed by atoms with Crippen LogP contribution in [0, 0.1) is 23.2 Å². The molecule has 0 aromatic rings. The highest BCUT2D eigenvalue weighted by molar-refractivity contribution is 5.85. The quantitative estimate of drug-likeness (QED) is 0.834. The number of hydrogen-bond donors (Lipinski definition) is 2. The van der Waals surface area contributed by atoms with Crippen molar-refractivity contribution in [3.63, 3.8) is 0 Å². The molecule has 0 radical (unpaired) electrons. The monoisotopic (exact) mass is 286 g/mol. The minimum atomic E-state index is -0.374. The lowest BCUT2D eigenvalue weighted by atomic mass is 9.49. The number of hydrogen-bond acceptors (Lipinski definition) is 2. The van der Waals surface area contributed by atoms with Crippen molar-refractivity contribution >= 4 is 18.3 Å². The first-order chi connectivity index (χ1) is 8.56. The Morgan fingerprint density at radius 1 is 1.21 bits per heavy atom. The molecular weight excluding hydrogens is 260 g/mol. The van der Waals surface area contributed by atoms with Gasteiger partial charge in [-0.1, -0.05) is 0 Å². The Labute approximate surface area is 122 Å². The number of halogens is 1. The Morgan fingerprint density at radius 3 is 2.11 bits per heavy atom. The van der Waals surface area contributed by atoms with E-state index in [2.05, 4.69) is 5.32 Å². The van der Waals surface area contributed by atoms with Crippen LogP contribution in [0.1, 0.15) is 51.9 Å². The number of nitrogens with one attached hydrogen (secondary N) is 1. The summed E-state index contributed by atoms with van der Waals surface area (Å²) in [7, 11) is 0. The summed E-state index contributed by atoms with van der Waals surface area (Å²) < 4.78 is 0. The Bertz CT molecular complexity index is 308. The third kappa shape index (κ3) is 3.08. The highest BCUT2D eigenvalue weighted by Gasteiger charge is 2.50. The summed E-state index contributed by atoms with van der Waals surface area (Å²) >= 11 is 0. The first-order valence-electron chi connectivity index (χ1n) is 7.60. The van der Waals surface area contributed by atoms with Crippen LogP contribution in [-0.2, 0) is 4.79 Å². The van der Waals surface area contributed by atoms with E-state index in [0.717, 1.165) is 24.3 Å². The zero-order chi connectivity index (χ0) is 12.8. The molecule has 110 valence electrons. The maximum absolute atomic E-state index is 11.5. The predicted octanol–water partition coefficient (Wildman–Crippen LogP) is 2.48. The summed E-state index contributed by atoms with van der Waals surface area (Å²) in [6.07, 6.45) is 9.92. The fraction of sp³-hybridized carbons (Fsp3) is 0.933. The summed E-state index contributed by atoms with van der Waals surface area (Å²) in [6.45, 7) is 2.58. The lowest BCUT2D eigenvalue weighted by molar-refractivity contribution is -0.122. The molecule has 0 saturated heterocycles. The molecule has 4 aliphatic rings. The number of amides is 1. The fourth-order valence-electron chi connectivity index (χ4n) is 5.21. The summed E-state index contributed by atoms with van der Waals surface area (Å²) in [6, 6.07) is -0.374. The molecule has 0 heterocycles. The Balaban J connectivity index is 0.00000133. The molecule has 3 nitrogen and oxygen atoms in total. The van der Waals surface area contributed by atoms with Gasteiger partial charge in [-0.05, 0) is 75.0 Å². The summed E-state index contributed by atoms with van der Waals surface area (Å²) in [5, 5.41) is 2.99. The van der Waals surface area contributed by atoms with E-state index in [0.29, 0.717) is 5.41 Å². The first kappa shape index (κ1) is 15.1. The second-order valence-corrected chi connectivity index (χ2v) is 7.25. The second kappa shape index (κ2) is 5.61. The predicted molar refractivity (Wildman–Crippen MR) is 79.1 cm³/mol. The van der Waals surface area contributed by atoms with Crippen LogP contribution in [0.4, 0.5) is 0 Å². The molecular formula is C15H27ClN2O. The van der Waals surface area contributed by atoms with Crippen molar-refractivity contribution in [3.8, 4) is 0 Å². The highest BCUT2D eigenvalue weighted by atomic mass is 35.5. The first-order valence-corrected chi connectivity index (χ1v) is 7.60. The van der Waals surface area contributed by atoms with Crippen molar-refractivity contribution in [1.29, 1.82) is 0 Å². The van der Waals surface area contributed by atoms with Gasteiger partial charge < -0.3 is 11.1 Å². The topological polar surface area (TPSA) is 55.1 Å². The molecule has 0 aliphatic heterocycles. The van der Waals surface area contributed by atoms with Crippen LogP contribution in [0.2, 0.25) is 0 Å². The summed E-state index contributed by atoms with van der Waals surface area (Å²) in [4.78, 5) is 11.5. The molecule has 1 amide bonds. The molecule has 4 rings (SSSR count). The van der Waals surface area contributed by atoms with E-state index in [1.165, 1.54) is 44.9 Å². The van der Waals surface area contributed by atoms with E-state index in [9.17, 15) is 4.79 Å². The lowest BCUT2D eigenvalue weighted by Gasteiger charge is -2.57. The van der Waals surface area contributed by atoms with Crippen LogP contribution in [0.5, 0.6) is 0 Å². The number of carbonyl (C=O) groups is 1. The van der Waals surface area contributed by atoms with Gasteiger partial charge in [-0.3, -0.25) is 4.79 Å². The molecule has 4 bridgehead atoms. The van der Waals surface area contributed by atoms with Gasteiger partial charge in [0.1, 0.15) is 0 Å². The lowest BCUT2D eigenvalue weighted by Crippen LogP contribution is -2.48. The van der Waals surface area contributed by atoms with Crippen molar-refractivity contribution in [2.75, 3.05) is 6.54 Å². The van der Waals surface area contributed by atoms with E-state index in [4.69, 9.17) is 5.73 Å². The standard InChI is InChI=1S/C15H26N2O.ClH/c1-10(16)14(18)17-3-2-15-7-11-4-12(8-15)6-13(5-11)9-15;/h10-13H,2-9,16H2,1H3,(H,17,18);1H. The molecule has 0 aromatic carbocycles. The molecule has 19 heavy (non-hydrogen) atoms. The van der Waals surface area contributed by atoms with Crippen LogP contribution in [0.3, 0.4) is 0 Å².